The van der Waals surface area contributed by atoms with Crippen LogP contribution in [0.2, 0.25) is 0 Å². The average molecular weight is 393 g/mol. The Morgan fingerprint density at radius 3 is 2.75 bits per heavy atom. The number of anilines is 1. The van der Waals surface area contributed by atoms with E-state index in [1.807, 2.05) is 13.0 Å². The Kier molecular flexibility index (Phi) is 6.06. The van der Waals surface area contributed by atoms with Gasteiger partial charge in [-0.2, -0.15) is 13.2 Å². The van der Waals surface area contributed by atoms with E-state index in [9.17, 15) is 18.0 Å². The van der Waals surface area contributed by atoms with Crippen LogP contribution in [-0.4, -0.2) is 41.5 Å². The molecule has 150 valence electrons. The van der Waals surface area contributed by atoms with E-state index < -0.39 is 11.7 Å². The van der Waals surface area contributed by atoms with Gasteiger partial charge in [-0.25, -0.2) is 4.98 Å². The number of para-hydroxylation sites is 1. The molecule has 1 aromatic carbocycles. The highest BCUT2D eigenvalue weighted by molar-refractivity contribution is 5.97. The Labute approximate surface area is 161 Å². The Hall–Kier alpha value is -2.77. The van der Waals surface area contributed by atoms with Gasteiger partial charge in [0.05, 0.1) is 17.7 Å². The summed E-state index contributed by atoms with van der Waals surface area (Å²) < 4.78 is 43.5. The molecule has 1 amide bonds. The van der Waals surface area contributed by atoms with Crippen molar-refractivity contribution in [2.24, 2.45) is 0 Å². The monoisotopic (exact) mass is 393 g/mol. The van der Waals surface area contributed by atoms with Gasteiger partial charge in [-0.3, -0.25) is 4.79 Å². The third kappa shape index (κ3) is 4.74. The Morgan fingerprint density at radius 1 is 1.29 bits per heavy atom. The van der Waals surface area contributed by atoms with E-state index in [1.165, 1.54) is 6.07 Å². The molecule has 5 nitrogen and oxygen atoms in total. The molecule has 0 unspecified atom stereocenters. The highest BCUT2D eigenvalue weighted by Gasteiger charge is 2.31. The van der Waals surface area contributed by atoms with Gasteiger partial charge in [-0.15, -0.1) is 0 Å². The number of benzene rings is 1. The van der Waals surface area contributed by atoms with E-state index in [4.69, 9.17) is 4.74 Å². The van der Waals surface area contributed by atoms with Gasteiger partial charge in [-0.1, -0.05) is 12.1 Å². The fourth-order valence-electron chi connectivity index (χ4n) is 3.23. The summed E-state index contributed by atoms with van der Waals surface area (Å²) >= 11 is 0. The van der Waals surface area contributed by atoms with Crippen LogP contribution in [0.15, 0.2) is 42.6 Å². The number of amides is 1. The van der Waals surface area contributed by atoms with Gasteiger partial charge < -0.3 is 15.0 Å². The lowest BCUT2D eigenvalue weighted by Crippen LogP contribution is -2.45. The van der Waals surface area contributed by atoms with Crippen molar-refractivity contribution in [2.45, 2.75) is 32.0 Å². The van der Waals surface area contributed by atoms with Gasteiger partial charge in [0, 0.05) is 25.3 Å². The zero-order valence-electron chi connectivity index (χ0n) is 15.5. The van der Waals surface area contributed by atoms with E-state index in [0.717, 1.165) is 25.1 Å². The van der Waals surface area contributed by atoms with E-state index in [0.29, 0.717) is 36.8 Å². The lowest BCUT2D eigenvalue weighted by molar-refractivity contribution is -0.137. The Morgan fingerprint density at radius 2 is 2.07 bits per heavy atom. The van der Waals surface area contributed by atoms with Gasteiger partial charge >= 0.3 is 6.18 Å². The molecule has 0 saturated carbocycles. The van der Waals surface area contributed by atoms with E-state index >= 15 is 0 Å². The van der Waals surface area contributed by atoms with E-state index in [2.05, 4.69) is 10.3 Å². The summed E-state index contributed by atoms with van der Waals surface area (Å²) in [4.78, 5) is 18.5. The van der Waals surface area contributed by atoms with Crippen LogP contribution in [0.4, 0.5) is 19.0 Å². The van der Waals surface area contributed by atoms with Crippen molar-refractivity contribution in [3.8, 4) is 5.75 Å². The third-order valence-electron chi connectivity index (χ3n) is 4.57. The van der Waals surface area contributed by atoms with Gasteiger partial charge in [0.15, 0.2) is 0 Å². The van der Waals surface area contributed by atoms with Crippen LogP contribution < -0.4 is 10.1 Å². The fraction of sp³-hybridized carbons (Fsp3) is 0.400. The first kappa shape index (κ1) is 20.0. The van der Waals surface area contributed by atoms with Crippen molar-refractivity contribution in [2.75, 3.05) is 25.0 Å². The number of nitrogens with zero attached hydrogens (tertiary/aromatic N) is 2. The van der Waals surface area contributed by atoms with Crippen LogP contribution in [0.3, 0.4) is 0 Å². The number of carbonyl (C=O) groups is 1. The minimum absolute atomic E-state index is 0.0822. The van der Waals surface area contributed by atoms with E-state index in [-0.39, 0.29) is 11.9 Å². The molecule has 8 heteroatoms. The first-order valence-electron chi connectivity index (χ1n) is 9.19. The topological polar surface area (TPSA) is 54.5 Å². The van der Waals surface area contributed by atoms with E-state index in [1.54, 1.807) is 23.1 Å². The summed E-state index contributed by atoms with van der Waals surface area (Å²) in [6, 6.07) is 9.35. The smallest absolute Gasteiger partial charge is 0.417 e. The molecule has 1 saturated heterocycles. The molecular weight excluding hydrogens is 371 g/mol. The van der Waals surface area contributed by atoms with Crippen molar-refractivity contribution in [3.05, 3.63) is 53.7 Å². The summed E-state index contributed by atoms with van der Waals surface area (Å²) in [7, 11) is 0. The average Bonchev–Trinajstić information content (AvgIpc) is 2.68. The van der Waals surface area contributed by atoms with Crippen molar-refractivity contribution >= 4 is 11.7 Å². The maximum atomic E-state index is 12.9. The quantitative estimate of drug-likeness (QED) is 0.827. The summed E-state index contributed by atoms with van der Waals surface area (Å²) in [6.45, 7) is 3.40. The first-order chi connectivity index (χ1) is 13.4. The number of carbonyl (C=O) groups excluding carboxylic acids is 1. The number of likely N-dealkylation sites (tertiary alicyclic amines) is 1. The standard InChI is InChI=1S/C20H22F3N3O2/c1-2-28-17-8-4-3-7-16(17)19(27)26-11-5-6-15(13-26)25-18-10-9-14(12-24-18)20(21,22)23/h3-4,7-10,12,15H,2,5-6,11,13H2,1H3,(H,24,25)/t15-/m1/s1. The van der Waals surface area contributed by atoms with Crippen molar-refractivity contribution < 1.29 is 22.7 Å². The number of hydrogen-bond acceptors (Lipinski definition) is 4. The molecule has 2 heterocycles. The molecule has 2 aromatic rings. The largest absolute Gasteiger partial charge is 0.493 e. The number of rotatable bonds is 5. The second-order valence-electron chi connectivity index (χ2n) is 6.59. The zero-order chi connectivity index (χ0) is 20.1. The summed E-state index contributed by atoms with van der Waals surface area (Å²) in [5.41, 5.74) is -0.274. The summed E-state index contributed by atoms with van der Waals surface area (Å²) in [5.74, 6) is 0.799. The third-order valence-corrected chi connectivity index (χ3v) is 4.57. The predicted octanol–water partition coefficient (Wildman–Crippen LogP) is 4.22. The van der Waals surface area contributed by atoms with Gasteiger partial charge in [0.1, 0.15) is 11.6 Å². The minimum atomic E-state index is -4.41. The highest BCUT2D eigenvalue weighted by atomic mass is 19.4. The number of alkyl halides is 3. The molecule has 28 heavy (non-hydrogen) atoms. The maximum Gasteiger partial charge on any atom is 0.417 e. The molecule has 1 aromatic heterocycles. The van der Waals surface area contributed by atoms with Gasteiger partial charge in [-0.05, 0) is 44.0 Å². The number of pyridine rings is 1. The molecule has 1 N–H and O–H groups in total. The normalized spacial score (nSPS) is 17.3. The molecule has 0 bridgehead atoms. The molecule has 0 aliphatic carbocycles. The Bertz CT molecular complexity index is 809. The minimum Gasteiger partial charge on any atom is -0.493 e. The van der Waals surface area contributed by atoms with Gasteiger partial charge in [0.25, 0.3) is 5.91 Å². The van der Waals surface area contributed by atoms with Crippen LogP contribution in [0, 0.1) is 0 Å². The molecule has 1 aliphatic heterocycles. The van der Waals surface area contributed by atoms with Crippen LogP contribution in [0.25, 0.3) is 0 Å². The van der Waals surface area contributed by atoms with Crippen LogP contribution in [0.5, 0.6) is 5.75 Å². The van der Waals surface area contributed by atoms with Crippen LogP contribution in [-0.2, 0) is 6.18 Å². The highest BCUT2D eigenvalue weighted by Crippen LogP contribution is 2.29. The number of ether oxygens (including phenoxy) is 1. The fourth-order valence-corrected chi connectivity index (χ4v) is 3.23. The molecular formula is C20H22F3N3O2. The van der Waals surface area contributed by atoms with Gasteiger partial charge in [0.2, 0.25) is 0 Å². The molecule has 0 spiro atoms. The second-order valence-corrected chi connectivity index (χ2v) is 6.59. The van der Waals surface area contributed by atoms with Crippen molar-refractivity contribution in [1.82, 2.24) is 9.88 Å². The van der Waals surface area contributed by atoms with Crippen molar-refractivity contribution in [1.29, 1.82) is 0 Å². The molecule has 1 atom stereocenters. The van der Waals surface area contributed by atoms with Crippen LogP contribution in [0.1, 0.15) is 35.7 Å². The SMILES string of the molecule is CCOc1ccccc1C(=O)N1CCC[C@@H](Nc2ccc(C(F)(F)F)cn2)C1. The predicted molar refractivity (Wildman–Crippen MR) is 99.4 cm³/mol. The lowest BCUT2D eigenvalue weighted by Gasteiger charge is -2.33. The lowest BCUT2D eigenvalue weighted by atomic mass is 10.0. The molecule has 1 fully saturated rings. The first-order valence-corrected chi connectivity index (χ1v) is 9.19. The number of aromatic nitrogens is 1. The maximum absolute atomic E-state index is 12.9. The molecule has 1 aliphatic rings. The zero-order valence-corrected chi connectivity index (χ0v) is 15.5. The number of nitrogens with one attached hydrogen (secondary N) is 1. The number of halogens is 3. The molecule has 0 radical (unpaired) electrons. The number of hydrogen-bond donors (Lipinski definition) is 1. The van der Waals surface area contributed by atoms with Crippen LogP contribution >= 0.6 is 0 Å². The summed E-state index contributed by atoms with van der Waals surface area (Å²) in [5, 5.41) is 3.13. The second kappa shape index (κ2) is 8.50. The van der Waals surface area contributed by atoms with Crippen molar-refractivity contribution in [3.63, 3.8) is 0 Å². The Balaban J connectivity index is 1.66. The number of piperidine rings is 1. The molecule has 3 rings (SSSR count). The summed E-state index contributed by atoms with van der Waals surface area (Å²) in [6.07, 6.45) is -2.00.